The van der Waals surface area contributed by atoms with Gasteiger partial charge in [-0.05, 0) is 31.0 Å². The standard InChI is InChI=1S/C20H28N6O2/c1-3-19-22-18(23-28-19)14-21-15-7-9-25(10-8-15)16-5-4-6-17(13-16)26-12-11-24(2)20(26)27/h4-6,13,15,21H,3,7-12,14H2,1-2H3. The molecule has 3 heterocycles. The highest BCUT2D eigenvalue weighted by atomic mass is 16.5. The number of carbonyl (C=O) groups excluding carboxylic acids is 1. The maximum atomic E-state index is 12.3. The van der Waals surface area contributed by atoms with Crippen LogP contribution in [0, 0.1) is 0 Å². The summed E-state index contributed by atoms with van der Waals surface area (Å²) in [5.41, 5.74) is 2.17. The maximum absolute atomic E-state index is 12.3. The SMILES string of the molecule is CCc1nc(CNC2CCN(c3cccc(N4CCN(C)C4=O)c3)CC2)no1. The Hall–Kier alpha value is -2.61. The number of nitrogens with one attached hydrogen (secondary N) is 1. The number of likely N-dealkylation sites (N-methyl/N-ethyl adjacent to an activating group) is 1. The van der Waals surface area contributed by atoms with Gasteiger partial charge in [0.05, 0.1) is 6.54 Å². The van der Waals surface area contributed by atoms with Crippen LogP contribution in [-0.4, -0.2) is 60.3 Å². The largest absolute Gasteiger partial charge is 0.371 e. The summed E-state index contributed by atoms with van der Waals surface area (Å²) in [5, 5.41) is 7.54. The molecule has 28 heavy (non-hydrogen) atoms. The van der Waals surface area contributed by atoms with Crippen molar-refractivity contribution in [3.05, 3.63) is 36.0 Å². The molecule has 150 valence electrons. The van der Waals surface area contributed by atoms with Gasteiger partial charge in [-0.3, -0.25) is 4.90 Å². The number of benzene rings is 1. The molecule has 0 unspecified atom stereocenters. The summed E-state index contributed by atoms with van der Waals surface area (Å²) in [6, 6.07) is 8.86. The zero-order valence-corrected chi connectivity index (χ0v) is 16.6. The van der Waals surface area contributed by atoms with E-state index in [-0.39, 0.29) is 6.03 Å². The van der Waals surface area contributed by atoms with E-state index in [0.29, 0.717) is 18.5 Å². The molecule has 0 atom stereocenters. The number of hydrogen-bond donors (Lipinski definition) is 1. The zero-order chi connectivity index (χ0) is 19.5. The Kier molecular flexibility index (Phi) is 5.47. The van der Waals surface area contributed by atoms with Crippen molar-refractivity contribution in [1.29, 1.82) is 0 Å². The molecular formula is C20H28N6O2. The summed E-state index contributed by atoms with van der Waals surface area (Å²) >= 11 is 0. The number of hydrogen-bond acceptors (Lipinski definition) is 6. The van der Waals surface area contributed by atoms with Gasteiger partial charge < -0.3 is 19.6 Å². The van der Waals surface area contributed by atoms with Crippen LogP contribution in [0.25, 0.3) is 0 Å². The van der Waals surface area contributed by atoms with Gasteiger partial charge in [-0.25, -0.2) is 4.79 Å². The van der Waals surface area contributed by atoms with E-state index in [1.54, 1.807) is 4.90 Å². The molecule has 0 spiro atoms. The Morgan fingerprint density at radius 3 is 2.64 bits per heavy atom. The second-order valence-electron chi connectivity index (χ2n) is 7.48. The lowest BCUT2D eigenvalue weighted by Gasteiger charge is -2.34. The summed E-state index contributed by atoms with van der Waals surface area (Å²) in [6.45, 7) is 6.16. The van der Waals surface area contributed by atoms with Crippen LogP contribution >= 0.6 is 0 Å². The lowest BCUT2D eigenvalue weighted by molar-refractivity contribution is 0.229. The minimum absolute atomic E-state index is 0.0766. The Morgan fingerprint density at radius 2 is 1.96 bits per heavy atom. The molecule has 0 radical (unpaired) electrons. The molecule has 2 amide bonds. The summed E-state index contributed by atoms with van der Waals surface area (Å²) in [5.74, 6) is 1.42. The molecule has 2 saturated heterocycles. The number of piperidine rings is 1. The van der Waals surface area contributed by atoms with Gasteiger partial charge in [0.25, 0.3) is 0 Å². The fourth-order valence-electron chi connectivity index (χ4n) is 3.83. The minimum Gasteiger partial charge on any atom is -0.371 e. The van der Waals surface area contributed by atoms with Gasteiger partial charge in [0, 0.05) is 57.1 Å². The van der Waals surface area contributed by atoms with Crippen molar-refractivity contribution < 1.29 is 9.32 Å². The van der Waals surface area contributed by atoms with Crippen LogP contribution in [0.1, 0.15) is 31.5 Å². The minimum atomic E-state index is 0.0766. The normalized spacial score (nSPS) is 18.4. The maximum Gasteiger partial charge on any atom is 0.324 e. The van der Waals surface area contributed by atoms with Crippen LogP contribution in [0.15, 0.2) is 28.8 Å². The highest BCUT2D eigenvalue weighted by Gasteiger charge is 2.27. The lowest BCUT2D eigenvalue weighted by Crippen LogP contribution is -2.42. The third-order valence-corrected chi connectivity index (χ3v) is 5.58. The Balaban J connectivity index is 1.31. The average molecular weight is 384 g/mol. The zero-order valence-electron chi connectivity index (χ0n) is 16.6. The molecule has 2 aliphatic rings. The summed E-state index contributed by atoms with van der Waals surface area (Å²) in [4.78, 5) is 22.6. The molecule has 2 aromatic rings. The van der Waals surface area contributed by atoms with Crippen LogP contribution in [0.2, 0.25) is 0 Å². The topological polar surface area (TPSA) is 77.7 Å². The number of aromatic nitrogens is 2. The molecule has 2 fully saturated rings. The fourth-order valence-corrected chi connectivity index (χ4v) is 3.83. The first-order valence-electron chi connectivity index (χ1n) is 10.1. The average Bonchev–Trinajstić information content (AvgIpc) is 3.33. The van der Waals surface area contributed by atoms with Crippen molar-refractivity contribution in [3.8, 4) is 0 Å². The molecule has 1 aromatic carbocycles. The molecule has 8 heteroatoms. The molecule has 1 aromatic heterocycles. The van der Waals surface area contributed by atoms with Crippen LogP contribution in [0.5, 0.6) is 0 Å². The van der Waals surface area contributed by atoms with Gasteiger partial charge in [-0.15, -0.1) is 0 Å². The summed E-state index contributed by atoms with van der Waals surface area (Å²) < 4.78 is 5.16. The predicted octanol–water partition coefficient (Wildman–Crippen LogP) is 2.26. The number of urea groups is 1. The quantitative estimate of drug-likeness (QED) is 0.823. The van der Waals surface area contributed by atoms with Gasteiger partial charge in [0.2, 0.25) is 5.89 Å². The van der Waals surface area contributed by atoms with E-state index in [1.807, 2.05) is 31.0 Å². The lowest BCUT2D eigenvalue weighted by atomic mass is 10.0. The monoisotopic (exact) mass is 384 g/mol. The Labute approximate surface area is 165 Å². The molecular weight excluding hydrogens is 356 g/mol. The highest BCUT2D eigenvalue weighted by molar-refractivity contribution is 5.94. The van der Waals surface area contributed by atoms with Crippen LogP contribution in [0.3, 0.4) is 0 Å². The third-order valence-electron chi connectivity index (χ3n) is 5.58. The Morgan fingerprint density at radius 1 is 1.18 bits per heavy atom. The number of aryl methyl sites for hydroxylation is 1. The van der Waals surface area contributed by atoms with E-state index in [0.717, 1.165) is 57.0 Å². The highest BCUT2D eigenvalue weighted by Crippen LogP contribution is 2.27. The summed E-state index contributed by atoms with van der Waals surface area (Å²) in [6.07, 6.45) is 2.89. The van der Waals surface area contributed by atoms with E-state index in [4.69, 9.17) is 4.52 Å². The molecule has 0 bridgehead atoms. The number of nitrogens with zero attached hydrogens (tertiary/aromatic N) is 5. The van der Waals surface area contributed by atoms with Gasteiger partial charge in [-0.1, -0.05) is 18.1 Å². The van der Waals surface area contributed by atoms with E-state index in [1.165, 1.54) is 5.69 Å². The Bertz CT molecular complexity index is 815. The van der Waals surface area contributed by atoms with Crippen molar-refractivity contribution in [3.63, 3.8) is 0 Å². The van der Waals surface area contributed by atoms with Crippen LogP contribution < -0.4 is 15.1 Å². The van der Waals surface area contributed by atoms with Crippen LogP contribution in [-0.2, 0) is 13.0 Å². The molecule has 0 saturated carbocycles. The van der Waals surface area contributed by atoms with Crippen LogP contribution in [0.4, 0.5) is 16.2 Å². The molecule has 4 rings (SSSR count). The van der Waals surface area contributed by atoms with Gasteiger partial charge in [0.1, 0.15) is 0 Å². The third kappa shape index (κ3) is 3.96. The van der Waals surface area contributed by atoms with Gasteiger partial charge >= 0.3 is 6.03 Å². The molecule has 2 aliphatic heterocycles. The summed E-state index contributed by atoms with van der Waals surface area (Å²) in [7, 11) is 1.85. The van der Waals surface area contributed by atoms with Gasteiger partial charge in [-0.2, -0.15) is 4.98 Å². The number of carbonyl (C=O) groups is 1. The molecule has 0 aliphatic carbocycles. The second kappa shape index (κ2) is 8.18. The van der Waals surface area contributed by atoms with E-state index < -0.39 is 0 Å². The second-order valence-corrected chi connectivity index (χ2v) is 7.48. The van der Waals surface area contributed by atoms with E-state index in [2.05, 4.69) is 32.5 Å². The number of rotatable bonds is 6. The molecule has 8 nitrogen and oxygen atoms in total. The number of amides is 2. The van der Waals surface area contributed by atoms with Crippen molar-refractivity contribution in [1.82, 2.24) is 20.4 Å². The van der Waals surface area contributed by atoms with Crippen molar-refractivity contribution in [2.45, 2.75) is 38.8 Å². The predicted molar refractivity (Wildman–Crippen MR) is 108 cm³/mol. The first-order chi connectivity index (χ1) is 13.6. The van der Waals surface area contributed by atoms with Gasteiger partial charge in [0.15, 0.2) is 5.82 Å². The van der Waals surface area contributed by atoms with E-state index in [9.17, 15) is 4.79 Å². The first-order valence-corrected chi connectivity index (χ1v) is 10.1. The van der Waals surface area contributed by atoms with E-state index >= 15 is 0 Å². The molecule has 1 N–H and O–H groups in total. The number of anilines is 2. The van der Waals surface area contributed by atoms with Crippen molar-refractivity contribution in [2.24, 2.45) is 0 Å². The van der Waals surface area contributed by atoms with Crippen molar-refractivity contribution in [2.75, 3.05) is 43.0 Å². The fraction of sp³-hybridized carbons (Fsp3) is 0.550. The van der Waals surface area contributed by atoms with Crippen molar-refractivity contribution >= 4 is 17.4 Å². The first kappa shape index (κ1) is 18.7. The smallest absolute Gasteiger partial charge is 0.324 e.